The second kappa shape index (κ2) is 9.60. The van der Waals surface area contributed by atoms with Crippen LogP contribution in [-0.4, -0.2) is 29.1 Å². The van der Waals surface area contributed by atoms with E-state index in [4.69, 9.17) is 4.98 Å². The van der Waals surface area contributed by atoms with Gasteiger partial charge in [0.05, 0.1) is 5.69 Å². The van der Waals surface area contributed by atoms with Gasteiger partial charge in [0.25, 0.3) is 0 Å². The van der Waals surface area contributed by atoms with Crippen molar-refractivity contribution in [2.45, 2.75) is 13.8 Å². The molecule has 5 rings (SSSR count). The number of carboxylic acids is 1. The second-order valence-corrected chi connectivity index (χ2v) is 8.86. The van der Waals surface area contributed by atoms with Gasteiger partial charge in [-0.25, -0.2) is 9.78 Å². The van der Waals surface area contributed by atoms with Crippen LogP contribution in [-0.2, 0) is 0 Å². The molecule has 174 valence electrons. The van der Waals surface area contributed by atoms with Crippen LogP contribution >= 0.6 is 11.3 Å². The molecule has 0 saturated heterocycles. The van der Waals surface area contributed by atoms with Gasteiger partial charge < -0.3 is 10.0 Å². The van der Waals surface area contributed by atoms with Gasteiger partial charge >= 0.3 is 5.97 Å². The molecule has 2 heterocycles. The van der Waals surface area contributed by atoms with Gasteiger partial charge in [0, 0.05) is 43.0 Å². The molecule has 35 heavy (non-hydrogen) atoms. The molecule has 1 N–H and O–H groups in total. The number of benzene rings is 3. The summed E-state index contributed by atoms with van der Waals surface area (Å²) >= 11 is 1.13. The standard InChI is InChI=1S/C27H23N5O2S/c1-3-31(4-2)20-11-13-22-25(17-20)32(19-8-6-5-7-9-19)24-16-18(10-12-21(24)28-22)29-30-23-14-15-35-26(23)27(33)34/h5-17H,3-4H2,1-2H3/p+1. The normalized spacial score (nSPS) is 11.5. The van der Waals surface area contributed by atoms with Gasteiger partial charge in [-0.05, 0) is 49.6 Å². The van der Waals surface area contributed by atoms with E-state index in [0.717, 1.165) is 57.9 Å². The lowest BCUT2D eigenvalue weighted by atomic mass is 10.1. The van der Waals surface area contributed by atoms with Crippen LogP contribution in [0.3, 0.4) is 0 Å². The van der Waals surface area contributed by atoms with Crippen molar-refractivity contribution in [1.82, 2.24) is 4.98 Å². The smallest absolute Gasteiger partial charge is 0.348 e. The lowest BCUT2D eigenvalue weighted by molar-refractivity contribution is -0.538. The largest absolute Gasteiger partial charge is 0.477 e. The highest BCUT2D eigenvalue weighted by Gasteiger charge is 2.21. The third kappa shape index (κ3) is 4.36. The first-order valence-corrected chi connectivity index (χ1v) is 12.3. The maximum Gasteiger partial charge on any atom is 0.348 e. The number of hydrogen-bond donors (Lipinski definition) is 1. The Morgan fingerprint density at radius 2 is 1.66 bits per heavy atom. The predicted octanol–water partition coefficient (Wildman–Crippen LogP) is 6.69. The van der Waals surface area contributed by atoms with E-state index in [-0.39, 0.29) is 4.88 Å². The molecule has 0 radical (unpaired) electrons. The van der Waals surface area contributed by atoms with Crippen LogP contribution < -0.4 is 9.47 Å². The quantitative estimate of drug-likeness (QED) is 0.159. The van der Waals surface area contributed by atoms with Crippen LogP contribution in [0, 0.1) is 0 Å². The molecule has 0 aliphatic carbocycles. The van der Waals surface area contributed by atoms with Gasteiger partial charge in [-0.2, -0.15) is 5.11 Å². The molecule has 0 atom stereocenters. The van der Waals surface area contributed by atoms with Crippen LogP contribution in [0.4, 0.5) is 17.1 Å². The molecule has 0 spiro atoms. The topological polar surface area (TPSA) is 82.0 Å². The maximum absolute atomic E-state index is 11.4. The van der Waals surface area contributed by atoms with Crippen molar-refractivity contribution >= 4 is 56.4 Å². The minimum Gasteiger partial charge on any atom is -0.477 e. The molecule has 0 saturated carbocycles. The Labute approximate surface area is 206 Å². The summed E-state index contributed by atoms with van der Waals surface area (Å²) in [5.74, 6) is -1.01. The molecule has 3 aromatic carbocycles. The molecule has 0 fully saturated rings. The third-order valence-corrected chi connectivity index (χ3v) is 6.79. The Morgan fingerprint density at radius 3 is 2.37 bits per heavy atom. The Morgan fingerprint density at radius 1 is 0.943 bits per heavy atom. The minimum atomic E-state index is -1.01. The van der Waals surface area contributed by atoms with E-state index in [9.17, 15) is 9.90 Å². The summed E-state index contributed by atoms with van der Waals surface area (Å²) in [5, 5.41) is 19.6. The summed E-state index contributed by atoms with van der Waals surface area (Å²) in [6.07, 6.45) is 0. The third-order valence-electron chi connectivity index (χ3n) is 5.90. The summed E-state index contributed by atoms with van der Waals surface area (Å²) in [6, 6.07) is 23.9. The van der Waals surface area contributed by atoms with Gasteiger partial charge in [0.2, 0.25) is 16.7 Å². The van der Waals surface area contributed by atoms with Crippen LogP contribution in [0.1, 0.15) is 23.5 Å². The highest BCUT2D eigenvalue weighted by molar-refractivity contribution is 7.12. The van der Waals surface area contributed by atoms with Crippen LogP contribution in [0.15, 0.2) is 88.4 Å². The Hall–Kier alpha value is -4.17. The monoisotopic (exact) mass is 482 g/mol. The molecule has 7 nitrogen and oxygen atoms in total. The van der Waals surface area contributed by atoms with Crippen molar-refractivity contribution in [3.05, 3.63) is 83.1 Å². The maximum atomic E-state index is 11.4. The Bertz CT molecular complexity index is 1560. The van der Waals surface area contributed by atoms with Gasteiger partial charge in [-0.15, -0.1) is 21.0 Å². The number of rotatable bonds is 7. The number of carbonyl (C=O) groups is 1. The first-order valence-electron chi connectivity index (χ1n) is 11.4. The number of nitrogens with zero attached hydrogens (tertiary/aromatic N) is 5. The summed E-state index contributed by atoms with van der Waals surface area (Å²) < 4.78 is 2.19. The molecule has 8 heteroatoms. The van der Waals surface area contributed by atoms with Crippen molar-refractivity contribution in [2.75, 3.05) is 18.0 Å². The van der Waals surface area contributed by atoms with E-state index in [1.165, 1.54) is 0 Å². The van der Waals surface area contributed by atoms with Gasteiger partial charge in [-0.3, -0.25) is 0 Å². The molecule has 0 aliphatic rings. The molecule has 2 aromatic heterocycles. The van der Waals surface area contributed by atoms with E-state index in [1.54, 1.807) is 11.4 Å². The zero-order valence-electron chi connectivity index (χ0n) is 19.4. The fraction of sp³-hybridized carbons (Fsp3) is 0.148. The van der Waals surface area contributed by atoms with Crippen LogP contribution in [0.25, 0.3) is 27.8 Å². The molecule has 0 amide bonds. The molecule has 5 aromatic rings. The lowest BCUT2D eigenvalue weighted by Gasteiger charge is -2.20. The predicted molar refractivity (Wildman–Crippen MR) is 140 cm³/mol. The van der Waals surface area contributed by atoms with E-state index >= 15 is 0 Å². The number of hydrogen-bond acceptors (Lipinski definition) is 6. The highest BCUT2D eigenvalue weighted by atomic mass is 32.1. The molecular weight excluding hydrogens is 458 g/mol. The minimum absolute atomic E-state index is 0.172. The van der Waals surface area contributed by atoms with Gasteiger partial charge in [0.1, 0.15) is 21.6 Å². The summed E-state index contributed by atoms with van der Waals surface area (Å²) in [5.41, 5.74) is 6.73. The van der Waals surface area contributed by atoms with Crippen LogP contribution in [0.2, 0.25) is 0 Å². The lowest BCUT2D eigenvalue weighted by Crippen LogP contribution is -2.33. The molecule has 0 unspecified atom stereocenters. The highest BCUT2D eigenvalue weighted by Crippen LogP contribution is 2.29. The van der Waals surface area contributed by atoms with Crippen molar-refractivity contribution < 1.29 is 14.5 Å². The zero-order valence-corrected chi connectivity index (χ0v) is 20.2. The Balaban J connectivity index is 1.72. The number of thiophene rings is 1. The average Bonchev–Trinajstić information content (AvgIpc) is 3.36. The number of azo groups is 1. The second-order valence-electron chi connectivity index (χ2n) is 7.94. The number of carboxylic acid groups (broad SMARTS) is 1. The number of fused-ring (bicyclic) bond motifs is 2. The van der Waals surface area contributed by atoms with E-state index in [2.05, 4.69) is 63.9 Å². The van der Waals surface area contributed by atoms with Crippen molar-refractivity contribution in [1.29, 1.82) is 0 Å². The Kier molecular flexibility index (Phi) is 6.20. The zero-order chi connectivity index (χ0) is 24.4. The van der Waals surface area contributed by atoms with Crippen molar-refractivity contribution in [3.63, 3.8) is 0 Å². The average molecular weight is 483 g/mol. The number of para-hydroxylation sites is 1. The van der Waals surface area contributed by atoms with Crippen LogP contribution in [0.5, 0.6) is 0 Å². The first-order chi connectivity index (χ1) is 17.1. The van der Waals surface area contributed by atoms with Crippen molar-refractivity contribution in [3.8, 4) is 5.69 Å². The summed E-state index contributed by atoms with van der Waals surface area (Å²) in [7, 11) is 0. The number of aromatic carboxylic acids is 1. The fourth-order valence-electron chi connectivity index (χ4n) is 4.19. The van der Waals surface area contributed by atoms with E-state index in [1.807, 2.05) is 36.4 Å². The summed E-state index contributed by atoms with van der Waals surface area (Å²) in [4.78, 5) is 18.8. The van der Waals surface area contributed by atoms with E-state index in [0.29, 0.717) is 11.4 Å². The summed E-state index contributed by atoms with van der Waals surface area (Å²) in [6.45, 7) is 6.13. The van der Waals surface area contributed by atoms with E-state index < -0.39 is 5.97 Å². The van der Waals surface area contributed by atoms with Crippen molar-refractivity contribution in [2.24, 2.45) is 10.2 Å². The number of aromatic nitrogens is 2. The first kappa shape index (κ1) is 22.6. The number of anilines is 1. The molecule has 0 aliphatic heterocycles. The van der Waals surface area contributed by atoms with Gasteiger partial charge in [-0.1, -0.05) is 18.2 Å². The molecule has 0 bridgehead atoms. The SMILES string of the molecule is CCN(CC)c1ccc2nc3ccc(N=Nc4ccsc4C(=O)O)cc3[n+](-c3ccccc3)c2c1. The fourth-order valence-corrected chi connectivity index (χ4v) is 4.85. The molecular formula is C27H24N5O2S+. The van der Waals surface area contributed by atoms with Gasteiger partial charge in [0.15, 0.2) is 0 Å².